The van der Waals surface area contributed by atoms with E-state index in [1.807, 2.05) is 0 Å². The zero-order valence-electron chi connectivity index (χ0n) is 29.9. The highest BCUT2D eigenvalue weighted by atomic mass is 16.4. The van der Waals surface area contributed by atoms with E-state index in [0.717, 1.165) is 44.5 Å². The second kappa shape index (κ2) is 11.6. The Morgan fingerprint density at radius 2 is 0.709 bits per heavy atom. The second-order valence-electron chi connectivity index (χ2n) is 15.4. The van der Waals surface area contributed by atoms with E-state index in [0.29, 0.717) is 12.8 Å². The monoisotopic (exact) mass is 710 g/mol. The first-order valence-corrected chi connectivity index (χ1v) is 18.9. The van der Waals surface area contributed by atoms with Crippen LogP contribution in [0.15, 0.2) is 146 Å². The van der Waals surface area contributed by atoms with E-state index in [2.05, 4.69) is 146 Å². The molecule has 0 atom stereocenters. The summed E-state index contributed by atoms with van der Waals surface area (Å²) in [4.78, 5) is 24.6. The van der Waals surface area contributed by atoms with Gasteiger partial charge in [-0.1, -0.05) is 109 Å². The van der Waals surface area contributed by atoms with Crippen LogP contribution >= 0.6 is 0 Å². The molecule has 0 aliphatic heterocycles. The lowest BCUT2D eigenvalue weighted by atomic mass is 9.70. The second-order valence-corrected chi connectivity index (χ2v) is 15.4. The molecule has 0 fully saturated rings. The van der Waals surface area contributed by atoms with Crippen LogP contribution in [-0.2, 0) is 15.0 Å². The highest BCUT2D eigenvalue weighted by Gasteiger charge is 2.44. The lowest BCUT2D eigenvalue weighted by Gasteiger charge is -2.32. The molecule has 0 saturated heterocycles. The van der Waals surface area contributed by atoms with Crippen LogP contribution in [0.3, 0.4) is 0 Å². The minimum Gasteiger partial charge on any atom is -0.481 e. The quantitative estimate of drug-likeness (QED) is 0.154. The van der Waals surface area contributed by atoms with Crippen molar-refractivity contribution >= 4 is 76.6 Å². The van der Waals surface area contributed by atoms with Crippen molar-refractivity contribution in [1.82, 2.24) is 0 Å². The largest absolute Gasteiger partial charge is 0.481 e. The molecule has 10 aromatic carbocycles. The minimum atomic E-state index is -0.893. The fourth-order valence-corrected chi connectivity index (χ4v) is 10.00. The number of aliphatic carboxylic acids is 2. The van der Waals surface area contributed by atoms with Gasteiger partial charge in [-0.3, -0.25) is 9.59 Å². The molecule has 1 aliphatic rings. The Hall–Kier alpha value is -6.78. The van der Waals surface area contributed by atoms with Crippen LogP contribution in [-0.4, -0.2) is 22.2 Å². The first-order valence-electron chi connectivity index (χ1n) is 18.9. The van der Waals surface area contributed by atoms with E-state index < -0.39 is 17.4 Å². The molecule has 0 amide bonds. The van der Waals surface area contributed by atoms with Gasteiger partial charge < -0.3 is 10.2 Å². The highest BCUT2D eigenvalue weighted by Crippen LogP contribution is 2.56. The van der Waals surface area contributed by atoms with E-state index in [1.165, 1.54) is 64.6 Å². The Morgan fingerprint density at radius 3 is 1.05 bits per heavy atom. The molecular formula is C51H34O4. The maximum atomic E-state index is 12.3. The Labute approximate surface area is 316 Å². The molecule has 11 rings (SSSR count). The molecule has 0 radical (unpaired) electrons. The molecule has 1 aliphatic carbocycles. The summed E-state index contributed by atoms with van der Waals surface area (Å²) in [6, 6.07) is 52.4. The zero-order chi connectivity index (χ0) is 37.0. The third kappa shape index (κ3) is 4.71. The van der Waals surface area contributed by atoms with Crippen LogP contribution < -0.4 is 0 Å². The molecule has 262 valence electrons. The van der Waals surface area contributed by atoms with Gasteiger partial charge in [0.05, 0.1) is 0 Å². The van der Waals surface area contributed by atoms with E-state index >= 15 is 0 Å². The summed E-state index contributed by atoms with van der Waals surface area (Å²) in [5.74, 6) is -1.79. The maximum Gasteiger partial charge on any atom is 0.303 e. The molecule has 0 unspecified atom stereocenters. The summed E-state index contributed by atoms with van der Waals surface area (Å²) in [6.45, 7) is 0. The van der Waals surface area contributed by atoms with E-state index in [4.69, 9.17) is 0 Å². The van der Waals surface area contributed by atoms with Gasteiger partial charge in [0.2, 0.25) is 0 Å². The summed E-state index contributed by atoms with van der Waals surface area (Å²) in [6.07, 6.45) is 0.439. The van der Waals surface area contributed by atoms with Crippen LogP contribution in [0, 0.1) is 0 Å². The normalized spacial score (nSPS) is 13.5. The molecule has 0 spiro atoms. The third-order valence-corrected chi connectivity index (χ3v) is 12.5. The number of benzene rings is 10. The van der Waals surface area contributed by atoms with Gasteiger partial charge >= 0.3 is 11.9 Å². The summed E-state index contributed by atoms with van der Waals surface area (Å²) in [7, 11) is 0. The molecule has 0 aromatic heterocycles. The number of hydrogen-bond donors (Lipinski definition) is 2. The van der Waals surface area contributed by atoms with E-state index in [-0.39, 0.29) is 12.8 Å². The Bertz CT molecular complexity index is 2880. The molecule has 55 heavy (non-hydrogen) atoms. The summed E-state index contributed by atoms with van der Waals surface area (Å²) in [5.41, 5.74) is 7.47. The number of carboxylic acid groups (broad SMARTS) is 2. The smallest absolute Gasteiger partial charge is 0.303 e. The van der Waals surface area contributed by atoms with Crippen molar-refractivity contribution in [3.05, 3.63) is 157 Å². The molecule has 0 bridgehead atoms. The topological polar surface area (TPSA) is 74.6 Å². The number of fused-ring (bicyclic) bond motifs is 3. The number of carboxylic acids is 2. The van der Waals surface area contributed by atoms with Crippen molar-refractivity contribution in [2.24, 2.45) is 0 Å². The van der Waals surface area contributed by atoms with Crippen LogP contribution in [0.25, 0.3) is 98.0 Å². The summed E-state index contributed by atoms with van der Waals surface area (Å²) in [5, 5.41) is 34.8. The van der Waals surface area contributed by atoms with Crippen LogP contribution in [0.1, 0.15) is 36.8 Å². The third-order valence-electron chi connectivity index (χ3n) is 12.5. The zero-order valence-corrected chi connectivity index (χ0v) is 29.9. The van der Waals surface area contributed by atoms with Gasteiger partial charge in [0.15, 0.2) is 0 Å². The van der Waals surface area contributed by atoms with Gasteiger partial charge in [-0.25, -0.2) is 0 Å². The van der Waals surface area contributed by atoms with Crippen molar-refractivity contribution in [3.8, 4) is 33.4 Å². The van der Waals surface area contributed by atoms with Crippen molar-refractivity contribution in [2.45, 2.75) is 31.1 Å². The number of rotatable bonds is 8. The standard InChI is InChI=1S/C51H34O4/c52-45(53)19-21-51(22-20-46(54)55)43-27-33(39-23-35-11-7-29-3-1-4-30-8-12-36(24-39)49(35)47(29)30)15-17-41(43)42-18-16-34(28-44(42)51)40-25-37-13-9-31-5-2-6-32-10-14-38(26-40)50(37)48(31)32/h1-18,23-28H,19-22H2,(H,52,53)(H,54,55). The summed E-state index contributed by atoms with van der Waals surface area (Å²) >= 11 is 0. The fourth-order valence-electron chi connectivity index (χ4n) is 10.00. The number of carbonyl (C=O) groups is 2. The minimum absolute atomic E-state index is 0.0758. The predicted molar refractivity (Wildman–Crippen MR) is 225 cm³/mol. The predicted octanol–water partition coefficient (Wildman–Crippen LogP) is 12.8. The molecular weight excluding hydrogens is 677 g/mol. The molecule has 4 nitrogen and oxygen atoms in total. The number of hydrogen-bond acceptors (Lipinski definition) is 2. The van der Waals surface area contributed by atoms with Gasteiger partial charge in [0, 0.05) is 18.3 Å². The lowest BCUT2D eigenvalue weighted by Crippen LogP contribution is -2.27. The van der Waals surface area contributed by atoms with Crippen LogP contribution in [0.2, 0.25) is 0 Å². The Morgan fingerprint density at radius 1 is 0.382 bits per heavy atom. The fraction of sp³-hybridized carbons (Fsp3) is 0.0980. The Kier molecular flexibility index (Phi) is 6.69. The lowest BCUT2D eigenvalue weighted by molar-refractivity contribution is -0.137. The molecule has 0 heterocycles. The van der Waals surface area contributed by atoms with Crippen LogP contribution in [0.4, 0.5) is 0 Å². The van der Waals surface area contributed by atoms with Crippen LogP contribution in [0.5, 0.6) is 0 Å². The molecule has 4 heteroatoms. The van der Waals surface area contributed by atoms with Gasteiger partial charge in [-0.15, -0.1) is 0 Å². The van der Waals surface area contributed by atoms with Crippen molar-refractivity contribution in [1.29, 1.82) is 0 Å². The average molecular weight is 711 g/mol. The SMILES string of the molecule is O=C(O)CCC1(CCC(=O)O)c2cc(-c3cc4ccc5cccc6ccc(c3)c4c56)ccc2-c2ccc(-c3cc4ccc5cccc6ccc(c3)c4c56)cc21. The highest BCUT2D eigenvalue weighted by molar-refractivity contribution is 6.25. The molecule has 10 aromatic rings. The average Bonchev–Trinajstić information content (AvgIpc) is 3.48. The van der Waals surface area contributed by atoms with Gasteiger partial charge in [0.1, 0.15) is 0 Å². The van der Waals surface area contributed by atoms with Gasteiger partial charge in [0.25, 0.3) is 0 Å². The molecule has 2 N–H and O–H groups in total. The first kappa shape index (κ1) is 31.7. The van der Waals surface area contributed by atoms with Crippen molar-refractivity contribution < 1.29 is 19.8 Å². The first-order chi connectivity index (χ1) is 26.8. The molecule has 0 saturated carbocycles. The van der Waals surface area contributed by atoms with Crippen molar-refractivity contribution in [2.75, 3.05) is 0 Å². The maximum absolute atomic E-state index is 12.3. The van der Waals surface area contributed by atoms with Gasteiger partial charge in [-0.2, -0.15) is 0 Å². The van der Waals surface area contributed by atoms with Gasteiger partial charge in [-0.05, 0) is 158 Å². The van der Waals surface area contributed by atoms with E-state index in [1.54, 1.807) is 0 Å². The van der Waals surface area contributed by atoms with Crippen molar-refractivity contribution in [3.63, 3.8) is 0 Å². The van der Waals surface area contributed by atoms with E-state index in [9.17, 15) is 19.8 Å². The Balaban J connectivity index is 1.09. The summed E-state index contributed by atoms with van der Waals surface area (Å²) < 4.78 is 0.